The molecule has 1 aromatic rings. The number of nitrogens with zero attached hydrogens (tertiary/aromatic N) is 1. The predicted molar refractivity (Wildman–Crippen MR) is 78.6 cm³/mol. The molecule has 1 fully saturated rings. The molecule has 2 rings (SSSR count). The minimum absolute atomic E-state index is 0.0471. The van der Waals surface area contributed by atoms with Crippen molar-refractivity contribution >= 4 is 44.8 Å². The zero-order valence-electron chi connectivity index (χ0n) is 10.3. The second-order valence-electron chi connectivity index (χ2n) is 4.68. The molecule has 0 saturated carbocycles. The number of hydrogen-bond acceptors (Lipinski definition) is 2. The van der Waals surface area contributed by atoms with E-state index in [1.165, 1.54) is 16.4 Å². The van der Waals surface area contributed by atoms with Gasteiger partial charge in [-0.3, -0.25) is 0 Å². The van der Waals surface area contributed by atoms with Crippen molar-refractivity contribution in [1.82, 2.24) is 4.31 Å². The smallest absolute Gasteiger partial charge is 0.207 e. The van der Waals surface area contributed by atoms with Crippen molar-refractivity contribution in [1.29, 1.82) is 0 Å². The summed E-state index contributed by atoms with van der Waals surface area (Å²) in [5.74, 6) is 0.517. The van der Waals surface area contributed by atoms with Gasteiger partial charge in [-0.25, -0.2) is 8.42 Å². The topological polar surface area (TPSA) is 37.4 Å². The summed E-state index contributed by atoms with van der Waals surface area (Å²) < 4.78 is 26.7. The van der Waals surface area contributed by atoms with Gasteiger partial charge < -0.3 is 0 Å². The standard InChI is InChI=1S/C12H14Cl3NO2S/c1-8-4-5-16(11(8)7-13)19(17,18)12-6-9(14)2-3-10(12)15/h2-3,6,8,11H,4-5,7H2,1H3. The van der Waals surface area contributed by atoms with Crippen LogP contribution in [0.25, 0.3) is 0 Å². The molecule has 0 aliphatic carbocycles. The van der Waals surface area contributed by atoms with Crippen LogP contribution in [0.15, 0.2) is 23.1 Å². The average molecular weight is 343 g/mol. The summed E-state index contributed by atoms with van der Waals surface area (Å²) in [6, 6.07) is 4.25. The summed E-state index contributed by atoms with van der Waals surface area (Å²) in [4.78, 5) is 0.0471. The van der Waals surface area contributed by atoms with Crippen LogP contribution in [0.1, 0.15) is 13.3 Å². The van der Waals surface area contributed by atoms with Gasteiger partial charge in [0.15, 0.2) is 0 Å². The highest BCUT2D eigenvalue weighted by molar-refractivity contribution is 7.89. The van der Waals surface area contributed by atoms with E-state index in [0.717, 1.165) is 6.42 Å². The van der Waals surface area contributed by atoms with Crippen molar-refractivity contribution < 1.29 is 8.42 Å². The fraction of sp³-hybridized carbons (Fsp3) is 0.500. The maximum absolute atomic E-state index is 12.6. The minimum atomic E-state index is -3.65. The Kier molecular flexibility index (Phi) is 4.68. The third-order valence-electron chi connectivity index (χ3n) is 3.47. The van der Waals surface area contributed by atoms with Crippen LogP contribution in [0.3, 0.4) is 0 Å². The van der Waals surface area contributed by atoms with Crippen LogP contribution in [-0.2, 0) is 10.0 Å². The van der Waals surface area contributed by atoms with Crippen LogP contribution < -0.4 is 0 Å². The average Bonchev–Trinajstić information content (AvgIpc) is 2.74. The van der Waals surface area contributed by atoms with Crippen molar-refractivity contribution in [3.05, 3.63) is 28.2 Å². The van der Waals surface area contributed by atoms with E-state index >= 15 is 0 Å². The maximum Gasteiger partial charge on any atom is 0.244 e. The lowest BCUT2D eigenvalue weighted by Gasteiger charge is -2.24. The number of rotatable bonds is 3. The van der Waals surface area contributed by atoms with Gasteiger partial charge in [0.2, 0.25) is 10.0 Å². The van der Waals surface area contributed by atoms with E-state index in [2.05, 4.69) is 0 Å². The lowest BCUT2D eigenvalue weighted by molar-refractivity contribution is 0.375. The first-order chi connectivity index (χ1) is 8.87. The lowest BCUT2D eigenvalue weighted by atomic mass is 10.1. The van der Waals surface area contributed by atoms with Gasteiger partial charge in [0.05, 0.1) is 5.02 Å². The SMILES string of the molecule is CC1CCN(S(=O)(=O)c2cc(Cl)ccc2Cl)C1CCl. The molecular formula is C12H14Cl3NO2S. The Balaban J connectivity index is 2.45. The molecule has 2 atom stereocenters. The Bertz CT molecular complexity index is 576. The molecule has 1 aromatic carbocycles. The van der Waals surface area contributed by atoms with Crippen molar-refractivity contribution in [2.75, 3.05) is 12.4 Å². The largest absolute Gasteiger partial charge is 0.244 e. The van der Waals surface area contributed by atoms with E-state index in [0.29, 0.717) is 11.6 Å². The van der Waals surface area contributed by atoms with Crippen molar-refractivity contribution in [2.45, 2.75) is 24.3 Å². The molecule has 0 bridgehead atoms. The quantitative estimate of drug-likeness (QED) is 0.787. The van der Waals surface area contributed by atoms with Gasteiger partial charge in [-0.2, -0.15) is 4.31 Å². The molecule has 0 aromatic heterocycles. The Labute approximate surface area is 128 Å². The van der Waals surface area contributed by atoms with Crippen LogP contribution in [0.5, 0.6) is 0 Å². The summed E-state index contributed by atoms with van der Waals surface area (Å²) >= 11 is 17.7. The van der Waals surface area contributed by atoms with Gasteiger partial charge in [0.1, 0.15) is 4.90 Å². The number of halogens is 3. The molecule has 3 nitrogen and oxygen atoms in total. The normalized spacial score (nSPS) is 24.8. The molecule has 1 aliphatic rings. The molecule has 1 aliphatic heterocycles. The first-order valence-corrected chi connectivity index (χ1v) is 8.64. The zero-order chi connectivity index (χ0) is 14.2. The van der Waals surface area contributed by atoms with E-state index in [-0.39, 0.29) is 27.8 Å². The van der Waals surface area contributed by atoms with E-state index in [9.17, 15) is 8.42 Å². The van der Waals surface area contributed by atoms with Gasteiger partial charge in [0.25, 0.3) is 0 Å². The Morgan fingerprint density at radius 3 is 2.68 bits per heavy atom. The van der Waals surface area contributed by atoms with Crippen molar-refractivity contribution in [2.24, 2.45) is 5.92 Å². The van der Waals surface area contributed by atoms with Crippen molar-refractivity contribution in [3.63, 3.8) is 0 Å². The van der Waals surface area contributed by atoms with Gasteiger partial charge in [-0.15, -0.1) is 11.6 Å². The Morgan fingerprint density at radius 2 is 2.05 bits per heavy atom. The molecule has 0 spiro atoms. The lowest BCUT2D eigenvalue weighted by Crippen LogP contribution is -2.38. The molecule has 1 saturated heterocycles. The van der Waals surface area contributed by atoms with E-state index in [4.69, 9.17) is 34.8 Å². The number of alkyl halides is 1. The van der Waals surface area contributed by atoms with Crippen LogP contribution in [0.4, 0.5) is 0 Å². The van der Waals surface area contributed by atoms with E-state index < -0.39 is 10.0 Å². The van der Waals surface area contributed by atoms with Gasteiger partial charge in [-0.1, -0.05) is 30.1 Å². The first kappa shape index (κ1) is 15.4. The molecular weight excluding hydrogens is 329 g/mol. The number of sulfonamides is 1. The summed E-state index contributed by atoms with van der Waals surface area (Å²) in [5.41, 5.74) is 0. The number of hydrogen-bond donors (Lipinski definition) is 0. The second kappa shape index (κ2) is 5.78. The monoisotopic (exact) mass is 341 g/mol. The molecule has 0 amide bonds. The molecule has 0 N–H and O–H groups in total. The fourth-order valence-electron chi connectivity index (χ4n) is 2.30. The first-order valence-electron chi connectivity index (χ1n) is 5.90. The summed E-state index contributed by atoms with van der Waals surface area (Å²) in [5, 5.41) is 0.523. The third kappa shape index (κ3) is 2.88. The highest BCUT2D eigenvalue weighted by atomic mass is 35.5. The molecule has 106 valence electrons. The molecule has 19 heavy (non-hydrogen) atoms. The van der Waals surface area contributed by atoms with Crippen LogP contribution in [0, 0.1) is 5.92 Å². The molecule has 2 unspecified atom stereocenters. The zero-order valence-corrected chi connectivity index (χ0v) is 13.4. The van der Waals surface area contributed by atoms with Crippen LogP contribution in [-0.4, -0.2) is 31.2 Å². The molecule has 0 radical (unpaired) electrons. The summed E-state index contributed by atoms with van der Waals surface area (Å²) in [6.07, 6.45) is 0.800. The Hall–Kier alpha value is -0.000000000000000111. The highest BCUT2D eigenvalue weighted by Crippen LogP contribution is 2.34. The highest BCUT2D eigenvalue weighted by Gasteiger charge is 2.39. The maximum atomic E-state index is 12.6. The number of benzene rings is 1. The van der Waals surface area contributed by atoms with Crippen LogP contribution >= 0.6 is 34.8 Å². The van der Waals surface area contributed by atoms with E-state index in [1.807, 2.05) is 6.92 Å². The predicted octanol–water partition coefficient (Wildman–Crippen LogP) is 3.63. The van der Waals surface area contributed by atoms with Gasteiger partial charge in [-0.05, 0) is 30.5 Å². The van der Waals surface area contributed by atoms with Gasteiger partial charge >= 0.3 is 0 Å². The van der Waals surface area contributed by atoms with Crippen molar-refractivity contribution in [3.8, 4) is 0 Å². The second-order valence-corrected chi connectivity index (χ2v) is 7.69. The van der Waals surface area contributed by atoms with E-state index in [1.54, 1.807) is 6.07 Å². The minimum Gasteiger partial charge on any atom is -0.207 e. The molecule has 1 heterocycles. The fourth-order valence-corrected chi connectivity index (χ4v) is 5.33. The van der Waals surface area contributed by atoms with Gasteiger partial charge in [0, 0.05) is 23.5 Å². The van der Waals surface area contributed by atoms with Crippen LogP contribution in [0.2, 0.25) is 10.0 Å². The summed E-state index contributed by atoms with van der Waals surface area (Å²) in [6.45, 7) is 2.46. The third-order valence-corrected chi connectivity index (χ3v) is 6.43. The molecule has 7 heteroatoms. The summed E-state index contributed by atoms with van der Waals surface area (Å²) in [7, 11) is -3.65. The Morgan fingerprint density at radius 1 is 1.37 bits per heavy atom.